The van der Waals surface area contributed by atoms with E-state index >= 15 is 0 Å². The van der Waals surface area contributed by atoms with Crippen LogP contribution >= 0.6 is 0 Å². The van der Waals surface area contributed by atoms with Gasteiger partial charge in [0.15, 0.2) is 23.0 Å². The lowest BCUT2D eigenvalue weighted by Gasteiger charge is -2.15. The summed E-state index contributed by atoms with van der Waals surface area (Å²) in [6.07, 6.45) is 7.22. The van der Waals surface area contributed by atoms with Crippen molar-refractivity contribution in [3.05, 3.63) is 71.7 Å². The van der Waals surface area contributed by atoms with Crippen LogP contribution in [0, 0.1) is 18.6 Å². The molecule has 0 spiro atoms. The van der Waals surface area contributed by atoms with Crippen molar-refractivity contribution in [2.45, 2.75) is 38.3 Å². The Morgan fingerprint density at radius 1 is 1.17 bits per heavy atom. The summed E-state index contributed by atoms with van der Waals surface area (Å²) in [4.78, 5) is 21.5. The maximum atomic E-state index is 14.7. The standard InChI is InChI=1S/C26H26F2N6O2/c1-14-11-16(5-6-18(14)26(35)33-17-4-3-15(29)12-17)32-24-25-31-13-20(34(25)10-9-30-24)19-7-8-21(36-2)23(28)22(19)27/h5-11,13,15,17H,3-4,12,29H2,1-2H3,(H,30,32)(H,33,35). The molecule has 186 valence electrons. The van der Waals surface area contributed by atoms with Crippen LogP contribution in [0.2, 0.25) is 0 Å². The molecule has 2 unspecified atom stereocenters. The largest absolute Gasteiger partial charge is 0.494 e. The van der Waals surface area contributed by atoms with E-state index in [0.29, 0.717) is 28.4 Å². The van der Waals surface area contributed by atoms with E-state index in [1.165, 1.54) is 25.4 Å². The maximum absolute atomic E-state index is 14.7. The van der Waals surface area contributed by atoms with Crippen LogP contribution in [0.15, 0.2) is 48.9 Å². The van der Waals surface area contributed by atoms with Crippen LogP contribution in [0.3, 0.4) is 0 Å². The average Bonchev–Trinajstić information content (AvgIpc) is 3.47. The molecule has 5 rings (SSSR count). The number of carbonyl (C=O) groups is 1. The number of nitrogens with zero attached hydrogens (tertiary/aromatic N) is 3. The van der Waals surface area contributed by atoms with Gasteiger partial charge in [0.25, 0.3) is 5.91 Å². The molecule has 36 heavy (non-hydrogen) atoms. The number of amides is 1. The highest BCUT2D eigenvalue weighted by Gasteiger charge is 2.24. The predicted octanol–water partition coefficient (Wildman–Crippen LogP) is 4.34. The number of methoxy groups -OCH3 is 1. The molecule has 4 aromatic rings. The molecule has 0 saturated heterocycles. The first-order chi connectivity index (χ1) is 17.4. The minimum Gasteiger partial charge on any atom is -0.494 e. The number of imidazole rings is 1. The molecule has 8 nitrogen and oxygen atoms in total. The van der Waals surface area contributed by atoms with Gasteiger partial charge in [0, 0.05) is 41.3 Å². The summed E-state index contributed by atoms with van der Waals surface area (Å²) < 4.78 is 35.5. The van der Waals surface area contributed by atoms with E-state index in [-0.39, 0.29) is 29.3 Å². The Bertz CT molecular complexity index is 1450. The number of carbonyl (C=O) groups excluding carboxylic acids is 1. The first kappa shape index (κ1) is 23.7. The normalized spacial score (nSPS) is 17.4. The van der Waals surface area contributed by atoms with Crippen LogP contribution < -0.4 is 21.1 Å². The molecule has 1 aliphatic carbocycles. The summed E-state index contributed by atoms with van der Waals surface area (Å²) in [7, 11) is 1.28. The molecule has 4 N–H and O–H groups in total. The summed E-state index contributed by atoms with van der Waals surface area (Å²) in [5.41, 5.74) is 8.89. The van der Waals surface area contributed by atoms with Crippen molar-refractivity contribution in [2.24, 2.45) is 5.73 Å². The van der Waals surface area contributed by atoms with Gasteiger partial charge in [-0.15, -0.1) is 0 Å². The van der Waals surface area contributed by atoms with E-state index in [1.54, 1.807) is 28.9 Å². The van der Waals surface area contributed by atoms with Gasteiger partial charge in [-0.25, -0.2) is 14.4 Å². The Balaban J connectivity index is 1.40. The fourth-order valence-corrected chi connectivity index (χ4v) is 4.64. The van der Waals surface area contributed by atoms with Gasteiger partial charge in [-0.2, -0.15) is 4.39 Å². The molecule has 10 heteroatoms. The van der Waals surface area contributed by atoms with Crippen LogP contribution in [0.25, 0.3) is 16.9 Å². The minimum absolute atomic E-state index is 0.0485. The van der Waals surface area contributed by atoms with Crippen LogP contribution in [0.5, 0.6) is 5.75 Å². The summed E-state index contributed by atoms with van der Waals surface area (Å²) in [5, 5.41) is 6.27. The first-order valence-electron chi connectivity index (χ1n) is 11.6. The number of hydrogen-bond donors (Lipinski definition) is 3. The fourth-order valence-electron chi connectivity index (χ4n) is 4.64. The molecule has 1 fully saturated rings. The highest BCUT2D eigenvalue weighted by molar-refractivity contribution is 5.96. The third-order valence-corrected chi connectivity index (χ3v) is 6.51. The van der Waals surface area contributed by atoms with Crippen molar-refractivity contribution >= 4 is 23.1 Å². The zero-order valence-electron chi connectivity index (χ0n) is 19.9. The molecule has 2 heterocycles. The zero-order chi connectivity index (χ0) is 25.4. The Labute approximate surface area is 206 Å². The second kappa shape index (κ2) is 9.54. The topological polar surface area (TPSA) is 107 Å². The monoisotopic (exact) mass is 492 g/mol. The second-order valence-electron chi connectivity index (χ2n) is 8.95. The number of nitrogens with two attached hydrogens (primary N) is 1. The van der Waals surface area contributed by atoms with Crippen LogP contribution in [-0.4, -0.2) is 39.5 Å². The number of rotatable bonds is 6. The lowest BCUT2D eigenvalue weighted by Crippen LogP contribution is -2.34. The maximum Gasteiger partial charge on any atom is 0.251 e. The fraction of sp³-hybridized carbons (Fsp3) is 0.269. The number of nitrogens with one attached hydrogen (secondary N) is 2. The molecule has 0 radical (unpaired) electrons. The van der Waals surface area contributed by atoms with E-state index in [2.05, 4.69) is 20.6 Å². The number of fused-ring (bicyclic) bond motifs is 1. The molecular formula is C26H26F2N6O2. The van der Waals surface area contributed by atoms with Crippen molar-refractivity contribution in [2.75, 3.05) is 12.4 Å². The van der Waals surface area contributed by atoms with E-state index in [0.717, 1.165) is 24.8 Å². The van der Waals surface area contributed by atoms with Gasteiger partial charge < -0.3 is 21.1 Å². The molecule has 2 aromatic heterocycles. The Morgan fingerprint density at radius 3 is 2.72 bits per heavy atom. The van der Waals surface area contributed by atoms with Crippen molar-refractivity contribution < 1.29 is 18.3 Å². The molecule has 1 saturated carbocycles. The summed E-state index contributed by atoms with van der Waals surface area (Å²) in [6, 6.07) is 8.45. The second-order valence-corrected chi connectivity index (χ2v) is 8.95. The van der Waals surface area contributed by atoms with Crippen LogP contribution in [-0.2, 0) is 0 Å². The minimum atomic E-state index is -1.06. The number of halogens is 2. The molecular weight excluding hydrogens is 466 g/mol. The number of ether oxygens (including phenoxy) is 1. The van der Waals surface area contributed by atoms with Crippen molar-refractivity contribution in [3.8, 4) is 17.0 Å². The molecule has 2 atom stereocenters. The van der Waals surface area contributed by atoms with Gasteiger partial charge in [-0.05, 0) is 62.1 Å². The number of anilines is 2. The Hall–Kier alpha value is -4.05. The third-order valence-electron chi connectivity index (χ3n) is 6.51. The molecule has 0 bridgehead atoms. The quantitative estimate of drug-likeness (QED) is 0.370. The van der Waals surface area contributed by atoms with Crippen molar-refractivity contribution in [1.82, 2.24) is 19.7 Å². The van der Waals surface area contributed by atoms with Gasteiger partial charge in [0.1, 0.15) is 0 Å². The van der Waals surface area contributed by atoms with Crippen molar-refractivity contribution in [1.29, 1.82) is 0 Å². The van der Waals surface area contributed by atoms with Gasteiger partial charge in [-0.3, -0.25) is 9.20 Å². The lowest BCUT2D eigenvalue weighted by molar-refractivity contribution is 0.0937. The summed E-state index contributed by atoms with van der Waals surface area (Å²) in [6.45, 7) is 1.86. The summed E-state index contributed by atoms with van der Waals surface area (Å²) >= 11 is 0. The Kier molecular flexibility index (Phi) is 6.27. The SMILES string of the molecule is COc1ccc(-c2cnc3c(Nc4ccc(C(=O)NC5CCC(N)C5)c(C)c4)nccn23)c(F)c1F. The summed E-state index contributed by atoms with van der Waals surface area (Å²) in [5.74, 6) is -1.95. The highest BCUT2D eigenvalue weighted by atomic mass is 19.2. The van der Waals surface area contributed by atoms with Gasteiger partial charge in [-0.1, -0.05) is 0 Å². The van der Waals surface area contributed by atoms with E-state index in [1.807, 2.05) is 13.0 Å². The number of benzene rings is 2. The van der Waals surface area contributed by atoms with E-state index < -0.39 is 11.6 Å². The zero-order valence-corrected chi connectivity index (χ0v) is 19.9. The van der Waals surface area contributed by atoms with E-state index in [4.69, 9.17) is 10.5 Å². The van der Waals surface area contributed by atoms with Gasteiger partial charge in [0.05, 0.1) is 19.0 Å². The smallest absolute Gasteiger partial charge is 0.251 e. The first-order valence-corrected chi connectivity index (χ1v) is 11.6. The van der Waals surface area contributed by atoms with Gasteiger partial charge in [0.2, 0.25) is 5.82 Å². The number of hydrogen-bond acceptors (Lipinski definition) is 6. The number of aryl methyl sites for hydroxylation is 1. The lowest BCUT2D eigenvalue weighted by atomic mass is 10.1. The molecule has 1 aliphatic rings. The molecule has 1 amide bonds. The third kappa shape index (κ3) is 4.35. The molecule has 2 aromatic carbocycles. The average molecular weight is 493 g/mol. The highest BCUT2D eigenvalue weighted by Crippen LogP contribution is 2.31. The Morgan fingerprint density at radius 2 is 2.00 bits per heavy atom. The van der Waals surface area contributed by atoms with E-state index in [9.17, 15) is 13.6 Å². The number of aromatic nitrogens is 3. The van der Waals surface area contributed by atoms with Crippen LogP contribution in [0.1, 0.15) is 35.2 Å². The van der Waals surface area contributed by atoms with Gasteiger partial charge >= 0.3 is 0 Å². The molecule has 0 aliphatic heterocycles. The van der Waals surface area contributed by atoms with Crippen LogP contribution in [0.4, 0.5) is 20.3 Å². The van der Waals surface area contributed by atoms with Crippen molar-refractivity contribution in [3.63, 3.8) is 0 Å². The predicted molar refractivity (Wildman–Crippen MR) is 132 cm³/mol.